The van der Waals surface area contributed by atoms with Crippen molar-refractivity contribution in [2.24, 2.45) is 0 Å². The molecule has 0 rings (SSSR count). The Bertz CT molecular complexity index is 123. The van der Waals surface area contributed by atoms with Crippen molar-refractivity contribution in [2.75, 3.05) is 0 Å². The molecule has 0 atom stereocenters. The number of halogens is 5. The lowest BCUT2D eigenvalue weighted by molar-refractivity contribution is -0.282. The molecule has 0 aromatic carbocycles. The molecule has 0 amide bonds. The van der Waals surface area contributed by atoms with Crippen molar-refractivity contribution in [1.82, 2.24) is 0 Å². The zero-order valence-electron chi connectivity index (χ0n) is 6.10. The van der Waals surface area contributed by atoms with E-state index < -0.39 is 18.5 Å². The fourth-order valence-electron chi connectivity index (χ4n) is 0.544. The van der Waals surface area contributed by atoms with Crippen LogP contribution in [0.2, 0.25) is 0 Å². The maximum Gasteiger partial charge on any atom is 0.453 e. The van der Waals surface area contributed by atoms with E-state index in [0.717, 1.165) is 0 Å². The van der Waals surface area contributed by atoms with Crippen LogP contribution in [0.3, 0.4) is 0 Å². The van der Waals surface area contributed by atoms with Crippen LogP contribution in [0.25, 0.3) is 0 Å². The molecule has 5 heteroatoms. The standard InChI is InChI=1S/C6H8F5/c1-4(2)3-5(7,8)6(9,10)11/h3H2,1-2H3. The molecule has 11 heavy (non-hydrogen) atoms. The first-order valence-electron chi connectivity index (χ1n) is 2.90. The first-order valence-corrected chi connectivity index (χ1v) is 2.90. The van der Waals surface area contributed by atoms with Crippen LogP contribution in [0, 0.1) is 5.92 Å². The van der Waals surface area contributed by atoms with Crippen molar-refractivity contribution < 1.29 is 22.0 Å². The second-order valence-electron chi connectivity index (χ2n) is 2.59. The van der Waals surface area contributed by atoms with Crippen LogP contribution in [-0.2, 0) is 0 Å². The minimum absolute atomic E-state index is 0.0623. The average Bonchev–Trinajstić information content (AvgIpc) is 1.56. The molecule has 0 aliphatic rings. The van der Waals surface area contributed by atoms with Gasteiger partial charge in [0.25, 0.3) is 0 Å². The molecule has 67 valence electrons. The summed E-state index contributed by atoms with van der Waals surface area (Å²) >= 11 is 0. The van der Waals surface area contributed by atoms with Gasteiger partial charge >= 0.3 is 12.1 Å². The van der Waals surface area contributed by atoms with E-state index in [1.165, 1.54) is 13.8 Å². The van der Waals surface area contributed by atoms with E-state index in [9.17, 15) is 22.0 Å². The van der Waals surface area contributed by atoms with E-state index in [-0.39, 0.29) is 5.92 Å². The molecule has 0 fully saturated rings. The molecule has 0 nitrogen and oxygen atoms in total. The molecule has 0 heterocycles. The first kappa shape index (κ1) is 10.7. The molecule has 0 aromatic rings. The minimum atomic E-state index is -5.43. The van der Waals surface area contributed by atoms with Gasteiger partial charge in [-0.05, 0) is 5.92 Å². The molecule has 0 saturated carbocycles. The van der Waals surface area contributed by atoms with Crippen LogP contribution in [0.5, 0.6) is 0 Å². The predicted molar refractivity (Wildman–Crippen MR) is 30.2 cm³/mol. The zero-order chi connectivity index (χ0) is 9.28. The Balaban J connectivity index is 4.22. The largest absolute Gasteiger partial charge is 0.453 e. The fourth-order valence-corrected chi connectivity index (χ4v) is 0.544. The van der Waals surface area contributed by atoms with Crippen LogP contribution in [0.1, 0.15) is 20.3 Å². The summed E-state index contributed by atoms with van der Waals surface area (Å²) in [5, 5.41) is 0. The molecule has 0 spiro atoms. The Labute approximate surface area is 61.4 Å². The van der Waals surface area contributed by atoms with Crippen molar-refractivity contribution in [3.63, 3.8) is 0 Å². The second kappa shape index (κ2) is 2.95. The summed E-state index contributed by atoms with van der Waals surface area (Å²) in [6, 6.07) is 0. The fraction of sp³-hybridized carbons (Fsp3) is 0.833. The Morgan fingerprint density at radius 1 is 1.00 bits per heavy atom. The van der Waals surface area contributed by atoms with Gasteiger partial charge in [0.05, 0.1) is 0 Å². The molecule has 0 aromatic heterocycles. The number of rotatable bonds is 2. The van der Waals surface area contributed by atoms with Crippen molar-refractivity contribution in [3.05, 3.63) is 5.92 Å². The molecule has 0 saturated heterocycles. The number of hydrogen-bond acceptors (Lipinski definition) is 0. The summed E-state index contributed by atoms with van der Waals surface area (Å²) in [5.74, 6) is -4.52. The van der Waals surface area contributed by atoms with Crippen molar-refractivity contribution >= 4 is 0 Å². The normalized spacial score (nSPS) is 14.2. The minimum Gasteiger partial charge on any atom is -0.196 e. The van der Waals surface area contributed by atoms with Crippen LogP contribution < -0.4 is 0 Å². The van der Waals surface area contributed by atoms with Gasteiger partial charge in [0.2, 0.25) is 0 Å². The molecule has 0 bridgehead atoms. The molecule has 0 aliphatic carbocycles. The Morgan fingerprint density at radius 3 is 1.45 bits per heavy atom. The van der Waals surface area contributed by atoms with Crippen LogP contribution in [-0.4, -0.2) is 12.1 Å². The van der Waals surface area contributed by atoms with Crippen molar-refractivity contribution in [1.29, 1.82) is 0 Å². The van der Waals surface area contributed by atoms with Gasteiger partial charge in [-0.3, -0.25) is 0 Å². The summed E-state index contributed by atoms with van der Waals surface area (Å²) in [7, 11) is 0. The maximum atomic E-state index is 12.0. The van der Waals surface area contributed by atoms with Crippen LogP contribution >= 0.6 is 0 Å². The zero-order valence-corrected chi connectivity index (χ0v) is 6.10. The summed E-state index contributed by atoms with van der Waals surface area (Å²) in [4.78, 5) is 0. The van der Waals surface area contributed by atoms with Gasteiger partial charge in [0.1, 0.15) is 0 Å². The molecule has 0 aliphatic heterocycles. The third-order valence-electron chi connectivity index (χ3n) is 0.990. The van der Waals surface area contributed by atoms with Crippen LogP contribution in [0.15, 0.2) is 0 Å². The van der Waals surface area contributed by atoms with Gasteiger partial charge in [-0.2, -0.15) is 22.0 Å². The van der Waals surface area contributed by atoms with Crippen molar-refractivity contribution in [2.45, 2.75) is 32.4 Å². The first-order chi connectivity index (χ1) is 4.67. The highest BCUT2D eigenvalue weighted by molar-refractivity contribution is 4.89. The lowest BCUT2D eigenvalue weighted by atomic mass is 10.1. The SMILES string of the molecule is C[C](C)CC(F)(F)C(F)(F)F. The molecular weight excluding hydrogens is 167 g/mol. The number of hydrogen-bond donors (Lipinski definition) is 0. The summed E-state index contributed by atoms with van der Waals surface area (Å²) < 4.78 is 58.4. The van der Waals surface area contributed by atoms with E-state index in [1.807, 2.05) is 0 Å². The van der Waals surface area contributed by atoms with Gasteiger partial charge in [-0.25, -0.2) is 0 Å². The lowest BCUT2D eigenvalue weighted by Crippen LogP contribution is -2.37. The second-order valence-corrected chi connectivity index (χ2v) is 2.59. The monoisotopic (exact) mass is 175 g/mol. The van der Waals surface area contributed by atoms with Gasteiger partial charge in [-0.15, -0.1) is 0 Å². The Kier molecular flexibility index (Phi) is 2.85. The van der Waals surface area contributed by atoms with Crippen molar-refractivity contribution in [3.8, 4) is 0 Å². The average molecular weight is 175 g/mol. The van der Waals surface area contributed by atoms with E-state index >= 15 is 0 Å². The molecule has 0 unspecified atom stereocenters. The van der Waals surface area contributed by atoms with Gasteiger partial charge < -0.3 is 0 Å². The van der Waals surface area contributed by atoms with E-state index in [2.05, 4.69) is 0 Å². The highest BCUT2D eigenvalue weighted by Crippen LogP contribution is 2.40. The van der Waals surface area contributed by atoms with E-state index in [0.29, 0.717) is 0 Å². The predicted octanol–water partition coefficient (Wildman–Crippen LogP) is 3.19. The highest BCUT2D eigenvalue weighted by atomic mass is 19.4. The van der Waals surface area contributed by atoms with Gasteiger partial charge in [-0.1, -0.05) is 13.8 Å². The smallest absolute Gasteiger partial charge is 0.196 e. The third-order valence-corrected chi connectivity index (χ3v) is 0.990. The maximum absolute atomic E-state index is 12.0. The van der Waals surface area contributed by atoms with Gasteiger partial charge in [0.15, 0.2) is 0 Å². The highest BCUT2D eigenvalue weighted by Gasteiger charge is 2.57. The Morgan fingerprint density at radius 2 is 1.36 bits per heavy atom. The Hall–Kier alpha value is -0.350. The summed E-state index contributed by atoms with van der Waals surface area (Å²) in [6.07, 6.45) is -6.65. The molecule has 0 N–H and O–H groups in total. The van der Waals surface area contributed by atoms with E-state index in [4.69, 9.17) is 0 Å². The molecular formula is C6H8F5. The summed E-state index contributed by atoms with van der Waals surface area (Å²) in [5.41, 5.74) is 0. The third kappa shape index (κ3) is 3.03. The van der Waals surface area contributed by atoms with E-state index in [1.54, 1.807) is 0 Å². The topological polar surface area (TPSA) is 0 Å². The number of alkyl halides is 5. The van der Waals surface area contributed by atoms with Gasteiger partial charge in [0, 0.05) is 6.42 Å². The van der Waals surface area contributed by atoms with Crippen LogP contribution in [0.4, 0.5) is 22.0 Å². The lowest BCUT2D eigenvalue weighted by Gasteiger charge is -2.20. The summed E-state index contributed by atoms with van der Waals surface area (Å²) in [6.45, 7) is 2.47. The quantitative estimate of drug-likeness (QED) is 0.565. The molecule has 1 radical (unpaired) electrons.